The molecule has 1 aliphatic rings. The third kappa shape index (κ3) is 4.71. The van der Waals surface area contributed by atoms with E-state index in [1.54, 1.807) is 10.9 Å². The fraction of sp³-hybridized carbons (Fsp3) is 0.471. The molecule has 2 aromatic heterocycles. The molecule has 138 valence electrons. The van der Waals surface area contributed by atoms with E-state index in [1.165, 1.54) is 0 Å². The van der Waals surface area contributed by atoms with Gasteiger partial charge in [0.05, 0.1) is 11.3 Å². The molecule has 0 unspecified atom stereocenters. The van der Waals surface area contributed by atoms with Crippen molar-refractivity contribution in [2.24, 2.45) is 11.7 Å². The number of nitrogens with zero attached hydrogens (tertiary/aromatic N) is 4. The van der Waals surface area contributed by atoms with Crippen LogP contribution in [0.4, 0.5) is 0 Å². The van der Waals surface area contributed by atoms with Crippen LogP contribution in [0.3, 0.4) is 0 Å². The minimum absolute atomic E-state index is 0. The number of hydrogen-bond acceptors (Lipinski definition) is 4. The number of pyridine rings is 1. The minimum Gasteiger partial charge on any atom is -0.339 e. The Morgan fingerprint density at radius 1 is 1.24 bits per heavy atom. The van der Waals surface area contributed by atoms with Crippen LogP contribution in [0.25, 0.3) is 5.82 Å². The summed E-state index contributed by atoms with van der Waals surface area (Å²) in [5.74, 6) is 1.33. The average Bonchev–Trinajstić information content (AvgIpc) is 2.93. The molecule has 0 aromatic carbocycles. The summed E-state index contributed by atoms with van der Waals surface area (Å²) in [6, 6.07) is 5.68. The number of carbonyl (C=O) groups is 1. The lowest BCUT2D eigenvalue weighted by molar-refractivity contribution is 0.0693. The number of halogens is 2. The smallest absolute Gasteiger partial charge is 0.255 e. The number of nitrogens with two attached hydrogens (primary N) is 1. The van der Waals surface area contributed by atoms with Gasteiger partial charge in [0, 0.05) is 25.0 Å². The maximum absolute atomic E-state index is 12.5. The fourth-order valence-electron chi connectivity index (χ4n) is 3.05. The SMILES string of the molecule is Cc1cc(C)n(-c2ccc(C(=O)N3CCC(CN)CC3)cn2)n1.Cl.Cl. The van der Waals surface area contributed by atoms with Gasteiger partial charge < -0.3 is 10.6 Å². The van der Waals surface area contributed by atoms with Crippen molar-refractivity contribution in [2.75, 3.05) is 19.6 Å². The highest BCUT2D eigenvalue weighted by Gasteiger charge is 2.23. The predicted octanol–water partition coefficient (Wildman–Crippen LogP) is 2.54. The Labute approximate surface area is 160 Å². The highest BCUT2D eigenvalue weighted by molar-refractivity contribution is 5.94. The number of aryl methyl sites for hydroxylation is 2. The third-order valence-electron chi connectivity index (χ3n) is 4.46. The zero-order valence-electron chi connectivity index (χ0n) is 14.5. The molecule has 2 N–H and O–H groups in total. The van der Waals surface area contributed by atoms with Gasteiger partial charge >= 0.3 is 0 Å². The summed E-state index contributed by atoms with van der Waals surface area (Å²) in [5, 5.41) is 4.41. The van der Waals surface area contributed by atoms with Gasteiger partial charge in [0.15, 0.2) is 5.82 Å². The van der Waals surface area contributed by atoms with Gasteiger partial charge in [0.25, 0.3) is 5.91 Å². The van der Waals surface area contributed by atoms with Crippen molar-refractivity contribution >= 4 is 30.7 Å². The van der Waals surface area contributed by atoms with Crippen molar-refractivity contribution in [2.45, 2.75) is 26.7 Å². The van der Waals surface area contributed by atoms with Crippen molar-refractivity contribution in [3.8, 4) is 5.82 Å². The van der Waals surface area contributed by atoms with E-state index in [9.17, 15) is 4.79 Å². The zero-order valence-corrected chi connectivity index (χ0v) is 16.1. The van der Waals surface area contributed by atoms with Crippen LogP contribution in [0.5, 0.6) is 0 Å². The molecule has 3 heterocycles. The Hall–Kier alpha value is -1.63. The quantitative estimate of drug-likeness (QED) is 0.880. The maximum Gasteiger partial charge on any atom is 0.255 e. The molecule has 8 heteroatoms. The van der Waals surface area contributed by atoms with E-state index in [4.69, 9.17) is 5.73 Å². The molecule has 3 rings (SSSR count). The number of likely N-dealkylation sites (tertiary alicyclic amines) is 1. The van der Waals surface area contributed by atoms with E-state index in [-0.39, 0.29) is 30.7 Å². The number of carbonyl (C=O) groups excluding carboxylic acids is 1. The topological polar surface area (TPSA) is 77.0 Å². The van der Waals surface area contributed by atoms with Gasteiger partial charge in [-0.15, -0.1) is 24.8 Å². The maximum atomic E-state index is 12.5. The van der Waals surface area contributed by atoms with E-state index in [0.717, 1.165) is 43.1 Å². The van der Waals surface area contributed by atoms with Gasteiger partial charge in [-0.25, -0.2) is 9.67 Å². The first-order valence-corrected chi connectivity index (χ1v) is 8.07. The monoisotopic (exact) mass is 385 g/mol. The Morgan fingerprint density at radius 3 is 2.40 bits per heavy atom. The summed E-state index contributed by atoms with van der Waals surface area (Å²) in [5.41, 5.74) is 8.30. The first-order chi connectivity index (χ1) is 11.1. The van der Waals surface area contributed by atoms with E-state index in [1.807, 2.05) is 36.9 Å². The van der Waals surface area contributed by atoms with Gasteiger partial charge in [-0.3, -0.25) is 4.79 Å². The van der Waals surface area contributed by atoms with E-state index in [2.05, 4.69) is 10.1 Å². The highest BCUT2D eigenvalue weighted by atomic mass is 35.5. The van der Waals surface area contributed by atoms with Crippen LogP contribution in [-0.2, 0) is 0 Å². The zero-order chi connectivity index (χ0) is 16.4. The second kappa shape index (κ2) is 9.17. The predicted molar refractivity (Wildman–Crippen MR) is 103 cm³/mol. The molecule has 1 saturated heterocycles. The molecule has 1 fully saturated rings. The Bertz CT molecular complexity index is 694. The average molecular weight is 386 g/mol. The summed E-state index contributed by atoms with van der Waals surface area (Å²) in [6.45, 7) is 6.20. The molecule has 25 heavy (non-hydrogen) atoms. The van der Waals surface area contributed by atoms with Crippen LogP contribution in [-0.4, -0.2) is 45.2 Å². The van der Waals surface area contributed by atoms with E-state index < -0.39 is 0 Å². The van der Waals surface area contributed by atoms with Crippen LogP contribution in [0.2, 0.25) is 0 Å². The van der Waals surface area contributed by atoms with Crippen molar-refractivity contribution in [3.05, 3.63) is 41.3 Å². The number of amides is 1. The standard InChI is InChI=1S/C17H23N5O.2ClH/c1-12-9-13(2)22(20-12)16-4-3-15(11-19-16)17(23)21-7-5-14(10-18)6-8-21;;/h3-4,9,11,14H,5-8,10,18H2,1-2H3;2*1H. The minimum atomic E-state index is 0. The molecular formula is C17H25Cl2N5O. The molecule has 6 nitrogen and oxygen atoms in total. The Kier molecular flexibility index (Phi) is 7.86. The van der Waals surface area contributed by atoms with Crippen LogP contribution in [0.15, 0.2) is 24.4 Å². The van der Waals surface area contributed by atoms with Crippen LogP contribution < -0.4 is 5.73 Å². The largest absolute Gasteiger partial charge is 0.339 e. The number of rotatable bonds is 3. The summed E-state index contributed by atoms with van der Waals surface area (Å²) in [4.78, 5) is 18.8. The van der Waals surface area contributed by atoms with Gasteiger partial charge in [-0.1, -0.05) is 0 Å². The van der Waals surface area contributed by atoms with Crippen molar-refractivity contribution < 1.29 is 4.79 Å². The molecular weight excluding hydrogens is 361 g/mol. The lowest BCUT2D eigenvalue weighted by Gasteiger charge is -2.31. The molecule has 0 aliphatic carbocycles. The molecule has 0 radical (unpaired) electrons. The van der Waals surface area contributed by atoms with Gasteiger partial charge in [0.2, 0.25) is 0 Å². The van der Waals surface area contributed by atoms with Crippen LogP contribution in [0, 0.1) is 19.8 Å². The lowest BCUT2D eigenvalue weighted by Crippen LogP contribution is -2.40. The first kappa shape index (κ1) is 21.4. The van der Waals surface area contributed by atoms with Gasteiger partial charge in [-0.05, 0) is 57.4 Å². The summed E-state index contributed by atoms with van der Waals surface area (Å²) < 4.78 is 1.79. The first-order valence-electron chi connectivity index (χ1n) is 8.07. The number of aromatic nitrogens is 3. The van der Waals surface area contributed by atoms with Crippen LogP contribution in [0.1, 0.15) is 34.6 Å². The number of piperidine rings is 1. The summed E-state index contributed by atoms with van der Waals surface area (Å²) in [6.07, 6.45) is 3.61. The third-order valence-corrected chi connectivity index (χ3v) is 4.46. The lowest BCUT2D eigenvalue weighted by atomic mass is 9.97. The molecule has 0 bridgehead atoms. The molecule has 1 amide bonds. The van der Waals surface area contributed by atoms with Crippen molar-refractivity contribution in [1.29, 1.82) is 0 Å². The van der Waals surface area contributed by atoms with Gasteiger partial charge in [-0.2, -0.15) is 5.10 Å². The molecule has 0 saturated carbocycles. The normalized spacial score (nSPS) is 14.6. The molecule has 1 aliphatic heterocycles. The Morgan fingerprint density at radius 2 is 1.92 bits per heavy atom. The van der Waals surface area contributed by atoms with E-state index >= 15 is 0 Å². The fourth-order valence-corrected chi connectivity index (χ4v) is 3.05. The summed E-state index contributed by atoms with van der Waals surface area (Å²) in [7, 11) is 0. The molecule has 0 spiro atoms. The van der Waals surface area contributed by atoms with E-state index in [0.29, 0.717) is 18.0 Å². The second-order valence-electron chi connectivity index (χ2n) is 6.22. The van der Waals surface area contributed by atoms with Crippen molar-refractivity contribution in [1.82, 2.24) is 19.7 Å². The second-order valence-corrected chi connectivity index (χ2v) is 6.22. The molecule has 0 atom stereocenters. The number of hydrogen-bond donors (Lipinski definition) is 1. The van der Waals surface area contributed by atoms with Crippen LogP contribution >= 0.6 is 24.8 Å². The van der Waals surface area contributed by atoms with Crippen molar-refractivity contribution in [3.63, 3.8) is 0 Å². The highest BCUT2D eigenvalue weighted by Crippen LogP contribution is 2.18. The van der Waals surface area contributed by atoms with Gasteiger partial charge in [0.1, 0.15) is 0 Å². The Balaban J connectivity index is 0.00000156. The summed E-state index contributed by atoms with van der Waals surface area (Å²) >= 11 is 0. The molecule has 2 aromatic rings.